The maximum Gasteiger partial charge on any atom is 0.282 e. The van der Waals surface area contributed by atoms with E-state index >= 15 is 0 Å². The summed E-state index contributed by atoms with van der Waals surface area (Å²) in [6.45, 7) is 4.78. The van der Waals surface area contributed by atoms with Crippen LogP contribution in [-0.2, 0) is 15.0 Å². The van der Waals surface area contributed by atoms with Gasteiger partial charge < -0.3 is 5.32 Å². The molecule has 2 saturated heterocycles. The number of piperazine rings is 1. The molecule has 2 fully saturated rings. The SMILES string of the molecule is Cc1ccc(NC(=O)CN2CCN(S(=O)(=O)N3CCCCCC3)CC2)cc1F. The van der Waals surface area contributed by atoms with Gasteiger partial charge in [-0.05, 0) is 37.5 Å². The number of halogens is 1. The van der Waals surface area contributed by atoms with Crippen molar-refractivity contribution in [3.05, 3.63) is 29.6 Å². The maximum atomic E-state index is 13.6. The normalized spacial score (nSPS) is 20.6. The Labute approximate surface area is 166 Å². The van der Waals surface area contributed by atoms with E-state index in [-0.39, 0.29) is 18.3 Å². The number of rotatable bonds is 5. The number of hydrogen-bond acceptors (Lipinski definition) is 4. The molecule has 9 heteroatoms. The van der Waals surface area contributed by atoms with Crippen LogP contribution in [-0.4, -0.2) is 73.6 Å². The summed E-state index contributed by atoms with van der Waals surface area (Å²) in [7, 11) is -3.42. The third kappa shape index (κ3) is 5.28. The highest BCUT2D eigenvalue weighted by Gasteiger charge is 2.32. The molecular formula is C19H29FN4O3S. The Kier molecular flexibility index (Phi) is 7.03. The van der Waals surface area contributed by atoms with Gasteiger partial charge in [0.15, 0.2) is 0 Å². The topological polar surface area (TPSA) is 73.0 Å². The zero-order chi connectivity index (χ0) is 20.1. The molecule has 0 radical (unpaired) electrons. The standard InChI is InChI=1S/C19H29FN4O3S/c1-16-6-7-17(14-18(16)20)21-19(25)15-22-10-12-24(13-11-22)28(26,27)23-8-4-2-3-5-9-23/h6-7,14H,2-5,8-13,15H2,1H3,(H,21,25). The first-order valence-corrected chi connectivity index (χ1v) is 11.3. The molecule has 28 heavy (non-hydrogen) atoms. The molecule has 2 aliphatic heterocycles. The van der Waals surface area contributed by atoms with Gasteiger partial charge in [-0.15, -0.1) is 0 Å². The van der Waals surface area contributed by atoms with E-state index in [4.69, 9.17) is 0 Å². The summed E-state index contributed by atoms with van der Waals surface area (Å²) in [5, 5.41) is 2.70. The van der Waals surface area contributed by atoms with Gasteiger partial charge in [0, 0.05) is 45.0 Å². The van der Waals surface area contributed by atoms with Crippen LogP contribution >= 0.6 is 0 Å². The van der Waals surface area contributed by atoms with Crippen LogP contribution in [0.3, 0.4) is 0 Å². The van der Waals surface area contributed by atoms with Gasteiger partial charge >= 0.3 is 0 Å². The number of benzene rings is 1. The minimum absolute atomic E-state index is 0.160. The second-order valence-corrected chi connectivity index (χ2v) is 9.44. The van der Waals surface area contributed by atoms with E-state index in [9.17, 15) is 17.6 Å². The Hall–Kier alpha value is -1.55. The lowest BCUT2D eigenvalue weighted by atomic mass is 10.2. The second-order valence-electron chi connectivity index (χ2n) is 7.51. The predicted molar refractivity (Wildman–Crippen MR) is 107 cm³/mol. The Morgan fingerprint density at radius 1 is 1.00 bits per heavy atom. The smallest absolute Gasteiger partial charge is 0.282 e. The Morgan fingerprint density at radius 3 is 2.21 bits per heavy atom. The highest BCUT2D eigenvalue weighted by Crippen LogP contribution is 2.18. The summed E-state index contributed by atoms with van der Waals surface area (Å²) >= 11 is 0. The summed E-state index contributed by atoms with van der Waals surface area (Å²) in [4.78, 5) is 14.2. The zero-order valence-corrected chi connectivity index (χ0v) is 17.2. The van der Waals surface area contributed by atoms with E-state index in [1.165, 1.54) is 10.4 Å². The average Bonchev–Trinajstić information content (AvgIpc) is 2.95. The lowest BCUT2D eigenvalue weighted by Crippen LogP contribution is -2.54. The Bertz CT molecular complexity index is 786. The molecule has 0 aromatic heterocycles. The molecular weight excluding hydrogens is 383 g/mol. The molecule has 3 rings (SSSR count). The largest absolute Gasteiger partial charge is 0.325 e. The monoisotopic (exact) mass is 412 g/mol. The van der Waals surface area contributed by atoms with E-state index in [2.05, 4.69) is 5.32 Å². The van der Waals surface area contributed by atoms with Crippen molar-refractivity contribution < 1.29 is 17.6 Å². The molecule has 0 aliphatic carbocycles. The fourth-order valence-corrected chi connectivity index (χ4v) is 5.30. The quantitative estimate of drug-likeness (QED) is 0.801. The number of carbonyl (C=O) groups excluding carboxylic acids is 1. The van der Waals surface area contributed by atoms with Crippen LogP contribution in [0.4, 0.5) is 10.1 Å². The van der Waals surface area contributed by atoms with E-state index in [0.717, 1.165) is 25.7 Å². The van der Waals surface area contributed by atoms with Gasteiger partial charge in [0.05, 0.1) is 6.54 Å². The molecule has 1 aromatic rings. The van der Waals surface area contributed by atoms with Gasteiger partial charge in [0.1, 0.15) is 5.82 Å². The highest BCUT2D eigenvalue weighted by molar-refractivity contribution is 7.86. The van der Waals surface area contributed by atoms with Crippen LogP contribution in [0.2, 0.25) is 0 Å². The van der Waals surface area contributed by atoms with Crippen LogP contribution in [0.25, 0.3) is 0 Å². The fourth-order valence-electron chi connectivity index (χ4n) is 3.63. The lowest BCUT2D eigenvalue weighted by Gasteiger charge is -2.36. The molecule has 0 saturated carbocycles. The summed E-state index contributed by atoms with van der Waals surface area (Å²) in [5.74, 6) is -0.586. The van der Waals surface area contributed by atoms with Gasteiger partial charge in [0.2, 0.25) is 5.91 Å². The van der Waals surface area contributed by atoms with Crippen molar-refractivity contribution >= 4 is 21.8 Å². The molecule has 2 aliphatic rings. The maximum absolute atomic E-state index is 13.6. The van der Waals surface area contributed by atoms with Crippen molar-refractivity contribution in [3.63, 3.8) is 0 Å². The number of aryl methyl sites for hydroxylation is 1. The third-order valence-corrected chi connectivity index (χ3v) is 7.41. The van der Waals surface area contributed by atoms with Crippen molar-refractivity contribution in [1.82, 2.24) is 13.5 Å². The Morgan fingerprint density at radius 2 is 1.61 bits per heavy atom. The van der Waals surface area contributed by atoms with E-state index in [1.807, 2.05) is 4.90 Å². The van der Waals surface area contributed by atoms with E-state index < -0.39 is 10.2 Å². The number of nitrogens with zero attached hydrogens (tertiary/aromatic N) is 3. The summed E-state index contributed by atoms with van der Waals surface area (Å²) < 4.78 is 42.4. The van der Waals surface area contributed by atoms with E-state index in [1.54, 1.807) is 23.4 Å². The molecule has 1 aromatic carbocycles. The molecule has 156 valence electrons. The van der Waals surface area contributed by atoms with Crippen LogP contribution in [0, 0.1) is 12.7 Å². The molecule has 0 atom stereocenters. The molecule has 0 unspecified atom stereocenters. The van der Waals surface area contributed by atoms with Gasteiger partial charge in [-0.2, -0.15) is 17.0 Å². The molecule has 2 heterocycles. The van der Waals surface area contributed by atoms with Crippen molar-refractivity contribution in [2.24, 2.45) is 0 Å². The number of nitrogens with one attached hydrogen (secondary N) is 1. The lowest BCUT2D eigenvalue weighted by molar-refractivity contribution is -0.117. The molecule has 7 nitrogen and oxygen atoms in total. The first kappa shape index (κ1) is 21.2. The minimum atomic E-state index is -3.42. The first-order valence-electron chi connectivity index (χ1n) is 9.90. The Balaban J connectivity index is 1.49. The van der Waals surface area contributed by atoms with Gasteiger partial charge in [-0.25, -0.2) is 4.39 Å². The van der Waals surface area contributed by atoms with Crippen molar-refractivity contribution in [3.8, 4) is 0 Å². The molecule has 0 spiro atoms. The van der Waals surface area contributed by atoms with E-state index in [0.29, 0.717) is 50.5 Å². The summed E-state index contributed by atoms with van der Waals surface area (Å²) in [5.41, 5.74) is 0.954. The van der Waals surface area contributed by atoms with Crippen molar-refractivity contribution in [1.29, 1.82) is 0 Å². The first-order chi connectivity index (χ1) is 13.4. The zero-order valence-electron chi connectivity index (χ0n) is 16.4. The predicted octanol–water partition coefficient (Wildman–Crippen LogP) is 1.81. The molecule has 1 amide bonds. The van der Waals surface area contributed by atoms with Crippen molar-refractivity contribution in [2.75, 3.05) is 51.1 Å². The van der Waals surface area contributed by atoms with Crippen LogP contribution in [0.15, 0.2) is 18.2 Å². The highest BCUT2D eigenvalue weighted by atomic mass is 32.2. The number of amides is 1. The summed E-state index contributed by atoms with van der Waals surface area (Å²) in [6, 6.07) is 4.60. The van der Waals surface area contributed by atoms with Gasteiger partial charge in [-0.1, -0.05) is 18.9 Å². The fraction of sp³-hybridized carbons (Fsp3) is 0.632. The molecule has 1 N–H and O–H groups in total. The number of hydrogen-bond donors (Lipinski definition) is 1. The van der Waals surface area contributed by atoms with Crippen LogP contribution < -0.4 is 5.32 Å². The van der Waals surface area contributed by atoms with Crippen molar-refractivity contribution in [2.45, 2.75) is 32.6 Å². The molecule has 0 bridgehead atoms. The van der Waals surface area contributed by atoms with Crippen LogP contribution in [0.5, 0.6) is 0 Å². The van der Waals surface area contributed by atoms with Gasteiger partial charge in [0.25, 0.3) is 10.2 Å². The minimum Gasteiger partial charge on any atom is -0.325 e. The number of anilines is 1. The number of carbonyl (C=O) groups is 1. The third-order valence-electron chi connectivity index (χ3n) is 5.37. The van der Waals surface area contributed by atoms with Crippen LogP contribution in [0.1, 0.15) is 31.2 Å². The van der Waals surface area contributed by atoms with Gasteiger partial charge in [-0.3, -0.25) is 9.69 Å². The second kappa shape index (κ2) is 9.30. The average molecular weight is 413 g/mol. The summed E-state index contributed by atoms with van der Waals surface area (Å²) in [6.07, 6.45) is 4.00.